The summed E-state index contributed by atoms with van der Waals surface area (Å²) in [5, 5.41) is 0. The van der Waals surface area contributed by atoms with Gasteiger partial charge in [0.05, 0.1) is 20.3 Å². The zero-order valence-electron chi connectivity index (χ0n) is 12.7. The van der Waals surface area contributed by atoms with Crippen molar-refractivity contribution in [2.24, 2.45) is 0 Å². The monoisotopic (exact) mass is 296 g/mol. The first-order valence-electron chi connectivity index (χ1n) is 6.71. The highest BCUT2D eigenvalue weighted by Crippen LogP contribution is 2.33. The Balaban J connectivity index is 2.11. The molecule has 0 amide bonds. The first kappa shape index (κ1) is 15.6. The highest BCUT2D eigenvalue weighted by Gasteiger charge is 2.22. The van der Waals surface area contributed by atoms with E-state index in [1.54, 1.807) is 39.0 Å². The van der Waals surface area contributed by atoms with Gasteiger partial charge in [0.25, 0.3) is 0 Å². The van der Waals surface area contributed by atoms with Crippen molar-refractivity contribution >= 4 is 6.16 Å². The van der Waals surface area contributed by atoms with Gasteiger partial charge in [0, 0.05) is 5.56 Å². The van der Waals surface area contributed by atoms with E-state index in [0.717, 1.165) is 5.56 Å². The normalized spacial score (nSPS) is 15.8. The molecule has 0 aliphatic carbocycles. The van der Waals surface area contributed by atoms with Crippen molar-refractivity contribution in [1.29, 1.82) is 0 Å². The van der Waals surface area contributed by atoms with Crippen molar-refractivity contribution in [2.45, 2.75) is 32.7 Å². The Morgan fingerprint density at radius 1 is 1.19 bits per heavy atom. The van der Waals surface area contributed by atoms with E-state index in [4.69, 9.17) is 23.7 Å². The van der Waals surface area contributed by atoms with Crippen LogP contribution >= 0.6 is 0 Å². The minimum absolute atomic E-state index is 0.286. The fraction of sp³-hybridized carbons (Fsp3) is 0.533. The summed E-state index contributed by atoms with van der Waals surface area (Å²) < 4.78 is 26.3. The summed E-state index contributed by atoms with van der Waals surface area (Å²) in [6.07, 6.45) is -1.18. The molecular formula is C15H20O6. The lowest BCUT2D eigenvalue weighted by Gasteiger charge is -2.19. The van der Waals surface area contributed by atoms with Gasteiger partial charge < -0.3 is 23.7 Å². The molecule has 6 nitrogen and oxygen atoms in total. The van der Waals surface area contributed by atoms with Gasteiger partial charge in [-0.1, -0.05) is 0 Å². The van der Waals surface area contributed by atoms with Crippen LogP contribution in [-0.2, 0) is 14.2 Å². The van der Waals surface area contributed by atoms with E-state index < -0.39 is 18.0 Å². The van der Waals surface area contributed by atoms with Gasteiger partial charge in [-0.25, -0.2) is 4.79 Å². The summed E-state index contributed by atoms with van der Waals surface area (Å²) in [4.78, 5) is 11.7. The SMILES string of the molecule is COc1cc(C2OCCO2)ccc1OC(=O)OC(C)(C)C. The van der Waals surface area contributed by atoms with Gasteiger partial charge in [-0.3, -0.25) is 0 Å². The average Bonchev–Trinajstić information content (AvgIpc) is 2.90. The molecule has 0 unspecified atom stereocenters. The Morgan fingerprint density at radius 2 is 1.86 bits per heavy atom. The number of ether oxygens (including phenoxy) is 5. The number of carbonyl (C=O) groups excluding carboxylic acids is 1. The van der Waals surface area contributed by atoms with E-state index in [9.17, 15) is 4.79 Å². The van der Waals surface area contributed by atoms with Crippen molar-refractivity contribution in [3.8, 4) is 11.5 Å². The van der Waals surface area contributed by atoms with E-state index >= 15 is 0 Å². The summed E-state index contributed by atoms with van der Waals surface area (Å²) in [6.45, 7) is 6.42. The van der Waals surface area contributed by atoms with Crippen LogP contribution in [0.4, 0.5) is 4.79 Å². The second kappa shape index (κ2) is 6.32. The van der Waals surface area contributed by atoms with E-state index in [0.29, 0.717) is 19.0 Å². The summed E-state index contributed by atoms with van der Waals surface area (Å²) in [6, 6.07) is 5.11. The van der Waals surface area contributed by atoms with Gasteiger partial charge in [-0.15, -0.1) is 0 Å². The largest absolute Gasteiger partial charge is 0.514 e. The summed E-state index contributed by atoms with van der Waals surface area (Å²) in [5.41, 5.74) is 0.191. The summed E-state index contributed by atoms with van der Waals surface area (Å²) in [5.74, 6) is 0.700. The Bertz CT molecular complexity index is 499. The zero-order valence-corrected chi connectivity index (χ0v) is 12.7. The molecule has 0 bridgehead atoms. The van der Waals surface area contributed by atoms with E-state index in [1.807, 2.05) is 0 Å². The number of methoxy groups -OCH3 is 1. The van der Waals surface area contributed by atoms with Crippen molar-refractivity contribution in [1.82, 2.24) is 0 Å². The van der Waals surface area contributed by atoms with E-state index in [1.165, 1.54) is 7.11 Å². The highest BCUT2D eigenvalue weighted by molar-refractivity contribution is 5.66. The van der Waals surface area contributed by atoms with E-state index in [2.05, 4.69) is 0 Å². The molecule has 1 aromatic carbocycles. The molecule has 0 spiro atoms. The zero-order chi connectivity index (χ0) is 15.5. The minimum atomic E-state index is -0.776. The number of benzene rings is 1. The fourth-order valence-electron chi connectivity index (χ4n) is 1.83. The maximum absolute atomic E-state index is 11.7. The van der Waals surface area contributed by atoms with Crippen molar-refractivity contribution in [3.63, 3.8) is 0 Å². The number of hydrogen-bond acceptors (Lipinski definition) is 6. The first-order valence-corrected chi connectivity index (χ1v) is 6.71. The fourth-order valence-corrected chi connectivity index (χ4v) is 1.83. The standard InChI is InChI=1S/C15H20O6/c1-15(2,3)21-14(16)20-11-6-5-10(9-12(11)17-4)13-18-7-8-19-13/h5-6,9,13H,7-8H2,1-4H3. The molecule has 0 saturated carbocycles. The van der Waals surface area contributed by atoms with Crippen LogP contribution in [0, 0.1) is 0 Å². The van der Waals surface area contributed by atoms with Crippen LogP contribution < -0.4 is 9.47 Å². The van der Waals surface area contributed by atoms with Crippen LogP contribution in [0.1, 0.15) is 32.6 Å². The molecule has 6 heteroatoms. The molecule has 21 heavy (non-hydrogen) atoms. The molecule has 1 fully saturated rings. The van der Waals surface area contributed by atoms with Gasteiger partial charge in [0.2, 0.25) is 0 Å². The molecule has 1 aromatic rings. The van der Waals surface area contributed by atoms with Crippen molar-refractivity contribution in [3.05, 3.63) is 23.8 Å². The molecular weight excluding hydrogens is 276 g/mol. The van der Waals surface area contributed by atoms with Crippen LogP contribution in [0.25, 0.3) is 0 Å². The maximum atomic E-state index is 11.7. The van der Waals surface area contributed by atoms with Crippen molar-refractivity contribution < 1.29 is 28.5 Å². The second-order valence-corrected chi connectivity index (χ2v) is 5.55. The molecule has 116 valence electrons. The smallest absolute Gasteiger partial charge is 0.493 e. The molecule has 1 aliphatic rings. The lowest BCUT2D eigenvalue weighted by atomic mass is 10.2. The minimum Gasteiger partial charge on any atom is -0.493 e. The molecule has 1 saturated heterocycles. The highest BCUT2D eigenvalue weighted by atomic mass is 16.7. The molecule has 1 aliphatic heterocycles. The third kappa shape index (κ3) is 4.34. The predicted octanol–water partition coefficient (Wildman–Crippen LogP) is 3.05. The van der Waals surface area contributed by atoms with Crippen LogP contribution in [0.5, 0.6) is 11.5 Å². The van der Waals surface area contributed by atoms with Gasteiger partial charge >= 0.3 is 6.16 Å². The first-order chi connectivity index (χ1) is 9.89. The average molecular weight is 296 g/mol. The molecule has 1 heterocycles. The molecule has 0 atom stereocenters. The summed E-state index contributed by atoms with van der Waals surface area (Å²) in [7, 11) is 1.50. The van der Waals surface area contributed by atoms with Gasteiger partial charge in [0.15, 0.2) is 17.8 Å². The topological polar surface area (TPSA) is 63.2 Å². The Morgan fingerprint density at radius 3 is 2.43 bits per heavy atom. The number of hydrogen-bond donors (Lipinski definition) is 0. The quantitative estimate of drug-likeness (QED) is 0.631. The number of carbonyl (C=O) groups is 1. The van der Waals surface area contributed by atoms with Crippen molar-refractivity contribution in [2.75, 3.05) is 20.3 Å². The van der Waals surface area contributed by atoms with Gasteiger partial charge in [0.1, 0.15) is 5.60 Å². The van der Waals surface area contributed by atoms with Gasteiger partial charge in [-0.05, 0) is 39.0 Å². The molecule has 0 radical (unpaired) electrons. The Hall–Kier alpha value is -1.79. The lowest BCUT2D eigenvalue weighted by Crippen LogP contribution is -2.26. The van der Waals surface area contributed by atoms with Crippen LogP contribution in [0.3, 0.4) is 0 Å². The predicted molar refractivity (Wildman–Crippen MR) is 74.5 cm³/mol. The molecule has 0 N–H and O–H groups in total. The van der Waals surface area contributed by atoms with Crippen LogP contribution in [-0.4, -0.2) is 32.1 Å². The third-order valence-electron chi connectivity index (χ3n) is 2.66. The van der Waals surface area contributed by atoms with Gasteiger partial charge in [-0.2, -0.15) is 0 Å². The maximum Gasteiger partial charge on any atom is 0.514 e. The van der Waals surface area contributed by atoms with E-state index in [-0.39, 0.29) is 5.75 Å². The Labute approximate surface area is 123 Å². The third-order valence-corrected chi connectivity index (χ3v) is 2.66. The van der Waals surface area contributed by atoms with Crippen LogP contribution in [0.2, 0.25) is 0 Å². The lowest BCUT2D eigenvalue weighted by molar-refractivity contribution is -0.0442. The number of rotatable bonds is 3. The second-order valence-electron chi connectivity index (χ2n) is 5.55. The molecule has 0 aromatic heterocycles. The Kier molecular flexibility index (Phi) is 4.69. The summed E-state index contributed by atoms with van der Waals surface area (Å²) >= 11 is 0. The van der Waals surface area contributed by atoms with Crippen LogP contribution in [0.15, 0.2) is 18.2 Å². The molecule has 2 rings (SSSR count).